The van der Waals surface area contributed by atoms with E-state index in [2.05, 4.69) is 10.6 Å². The summed E-state index contributed by atoms with van der Waals surface area (Å²) < 4.78 is 16.2. The molecule has 2 amide bonds. The number of fused-ring (bicyclic) bond motifs is 1. The first-order valence-electron chi connectivity index (χ1n) is 9.84. The molecule has 0 radical (unpaired) electrons. The smallest absolute Gasteiger partial charge is 0.255 e. The first-order valence-corrected chi connectivity index (χ1v) is 9.84. The van der Waals surface area contributed by atoms with Crippen molar-refractivity contribution >= 4 is 23.2 Å². The number of nitrogens with one attached hydrogen (secondary N) is 2. The second-order valence-corrected chi connectivity index (χ2v) is 6.96. The van der Waals surface area contributed by atoms with Crippen molar-refractivity contribution in [2.75, 3.05) is 31.0 Å². The Balaban J connectivity index is 1.33. The van der Waals surface area contributed by atoms with Crippen LogP contribution in [0.2, 0.25) is 0 Å². The standard InChI is InChI=1S/C24H22N2O5/c1-29-20-9-7-19(8-10-20)26-24(28)17-3-5-18(6-4-17)25-23(27)15-16-2-11-21-22(14-16)31-13-12-30-21/h2-11,14H,12-13,15H2,1H3,(H,25,27)(H,26,28). The first-order chi connectivity index (χ1) is 15.1. The van der Waals surface area contributed by atoms with Gasteiger partial charge < -0.3 is 24.8 Å². The van der Waals surface area contributed by atoms with E-state index >= 15 is 0 Å². The summed E-state index contributed by atoms with van der Waals surface area (Å²) in [6, 6.07) is 19.3. The summed E-state index contributed by atoms with van der Waals surface area (Å²) in [6.07, 6.45) is 0.205. The van der Waals surface area contributed by atoms with Crippen LogP contribution in [0.1, 0.15) is 15.9 Å². The van der Waals surface area contributed by atoms with Crippen LogP contribution in [0.5, 0.6) is 17.2 Å². The summed E-state index contributed by atoms with van der Waals surface area (Å²) in [5.41, 5.74) is 2.60. The Morgan fingerprint density at radius 1 is 0.839 bits per heavy atom. The third-order valence-corrected chi connectivity index (χ3v) is 4.75. The molecule has 7 heteroatoms. The average molecular weight is 418 g/mol. The average Bonchev–Trinajstić information content (AvgIpc) is 2.80. The zero-order valence-electron chi connectivity index (χ0n) is 17.0. The van der Waals surface area contributed by atoms with Crippen molar-refractivity contribution in [2.45, 2.75) is 6.42 Å². The number of anilines is 2. The second-order valence-electron chi connectivity index (χ2n) is 6.96. The van der Waals surface area contributed by atoms with Gasteiger partial charge in [0.25, 0.3) is 5.91 Å². The summed E-state index contributed by atoms with van der Waals surface area (Å²) in [6.45, 7) is 1.03. The molecule has 0 aromatic heterocycles. The maximum absolute atomic E-state index is 12.4. The molecule has 1 heterocycles. The molecule has 2 N–H and O–H groups in total. The summed E-state index contributed by atoms with van der Waals surface area (Å²) in [4.78, 5) is 24.8. The third kappa shape index (κ3) is 5.14. The minimum atomic E-state index is -0.237. The lowest BCUT2D eigenvalue weighted by Gasteiger charge is -2.18. The van der Waals surface area contributed by atoms with E-state index in [1.54, 1.807) is 55.6 Å². The van der Waals surface area contributed by atoms with E-state index in [1.807, 2.05) is 18.2 Å². The van der Waals surface area contributed by atoms with Crippen molar-refractivity contribution in [3.05, 3.63) is 77.9 Å². The molecule has 3 aromatic rings. The lowest BCUT2D eigenvalue weighted by atomic mass is 10.1. The van der Waals surface area contributed by atoms with Crippen LogP contribution in [-0.2, 0) is 11.2 Å². The van der Waals surface area contributed by atoms with Gasteiger partial charge in [0.2, 0.25) is 5.91 Å². The lowest BCUT2D eigenvalue weighted by molar-refractivity contribution is -0.115. The number of methoxy groups -OCH3 is 1. The molecule has 1 aliphatic rings. The van der Waals surface area contributed by atoms with Gasteiger partial charge in [0.1, 0.15) is 19.0 Å². The molecular weight excluding hydrogens is 396 g/mol. The maximum atomic E-state index is 12.4. The molecule has 31 heavy (non-hydrogen) atoms. The van der Waals surface area contributed by atoms with E-state index in [-0.39, 0.29) is 18.2 Å². The van der Waals surface area contributed by atoms with Gasteiger partial charge in [-0.1, -0.05) is 6.07 Å². The van der Waals surface area contributed by atoms with E-state index in [9.17, 15) is 9.59 Å². The van der Waals surface area contributed by atoms with Gasteiger partial charge in [-0.3, -0.25) is 9.59 Å². The van der Waals surface area contributed by atoms with Crippen LogP contribution >= 0.6 is 0 Å². The molecule has 0 spiro atoms. The number of benzene rings is 3. The van der Waals surface area contributed by atoms with Crippen LogP contribution in [0.15, 0.2) is 66.7 Å². The molecule has 0 unspecified atom stereocenters. The van der Waals surface area contributed by atoms with E-state index in [0.29, 0.717) is 47.4 Å². The minimum Gasteiger partial charge on any atom is -0.497 e. The number of hydrogen-bond donors (Lipinski definition) is 2. The Labute approximate surface area is 179 Å². The van der Waals surface area contributed by atoms with Crippen LogP contribution in [0.4, 0.5) is 11.4 Å². The molecular formula is C24H22N2O5. The van der Waals surface area contributed by atoms with Crippen molar-refractivity contribution in [1.29, 1.82) is 0 Å². The fraction of sp³-hybridized carbons (Fsp3) is 0.167. The van der Waals surface area contributed by atoms with Gasteiger partial charge in [0.15, 0.2) is 11.5 Å². The van der Waals surface area contributed by atoms with Crippen LogP contribution in [0.3, 0.4) is 0 Å². The second kappa shape index (κ2) is 9.21. The molecule has 158 valence electrons. The van der Waals surface area contributed by atoms with E-state index in [4.69, 9.17) is 14.2 Å². The largest absolute Gasteiger partial charge is 0.497 e. The number of amides is 2. The van der Waals surface area contributed by atoms with Gasteiger partial charge in [-0.15, -0.1) is 0 Å². The van der Waals surface area contributed by atoms with Gasteiger partial charge in [-0.2, -0.15) is 0 Å². The summed E-state index contributed by atoms with van der Waals surface area (Å²) >= 11 is 0. The summed E-state index contributed by atoms with van der Waals surface area (Å²) in [7, 11) is 1.59. The molecule has 0 saturated heterocycles. The Morgan fingerprint density at radius 3 is 2.19 bits per heavy atom. The summed E-state index contributed by atoms with van der Waals surface area (Å²) in [5, 5.41) is 5.67. The minimum absolute atomic E-state index is 0.160. The van der Waals surface area contributed by atoms with Gasteiger partial charge in [-0.05, 0) is 66.2 Å². The Bertz CT molecular complexity index is 1080. The molecule has 7 nitrogen and oxygen atoms in total. The molecule has 0 saturated carbocycles. The molecule has 3 aromatic carbocycles. The van der Waals surface area contributed by atoms with Gasteiger partial charge in [-0.25, -0.2) is 0 Å². The molecule has 0 atom stereocenters. The fourth-order valence-corrected chi connectivity index (χ4v) is 3.17. The number of ether oxygens (including phenoxy) is 3. The Hall–Kier alpha value is -4.00. The van der Waals surface area contributed by atoms with Crippen molar-refractivity contribution in [2.24, 2.45) is 0 Å². The number of rotatable bonds is 6. The SMILES string of the molecule is COc1ccc(NC(=O)c2ccc(NC(=O)Cc3ccc4c(c3)OCCO4)cc2)cc1. The number of hydrogen-bond acceptors (Lipinski definition) is 5. The summed E-state index contributed by atoms with van der Waals surface area (Å²) in [5.74, 6) is 1.67. The quantitative estimate of drug-likeness (QED) is 0.634. The predicted molar refractivity (Wildman–Crippen MR) is 117 cm³/mol. The highest BCUT2D eigenvalue weighted by Crippen LogP contribution is 2.31. The van der Waals surface area contributed by atoms with Gasteiger partial charge in [0.05, 0.1) is 13.5 Å². The molecule has 1 aliphatic heterocycles. The third-order valence-electron chi connectivity index (χ3n) is 4.75. The van der Waals surface area contributed by atoms with Crippen molar-refractivity contribution in [3.63, 3.8) is 0 Å². The van der Waals surface area contributed by atoms with E-state index < -0.39 is 0 Å². The highest BCUT2D eigenvalue weighted by Gasteiger charge is 2.13. The highest BCUT2D eigenvalue weighted by molar-refractivity contribution is 6.04. The highest BCUT2D eigenvalue weighted by atomic mass is 16.6. The monoisotopic (exact) mass is 418 g/mol. The van der Waals surface area contributed by atoms with E-state index in [1.165, 1.54) is 0 Å². The van der Waals surface area contributed by atoms with Crippen molar-refractivity contribution in [1.82, 2.24) is 0 Å². The normalized spacial score (nSPS) is 12.0. The molecule has 0 fully saturated rings. The van der Waals surface area contributed by atoms with Crippen LogP contribution < -0.4 is 24.8 Å². The topological polar surface area (TPSA) is 85.9 Å². The van der Waals surface area contributed by atoms with Crippen LogP contribution in [0, 0.1) is 0 Å². The molecule has 4 rings (SSSR count). The van der Waals surface area contributed by atoms with Gasteiger partial charge in [0, 0.05) is 16.9 Å². The Morgan fingerprint density at radius 2 is 1.48 bits per heavy atom. The van der Waals surface area contributed by atoms with Crippen molar-refractivity contribution < 1.29 is 23.8 Å². The first kappa shape index (κ1) is 20.3. The number of carbonyl (C=O) groups excluding carboxylic acids is 2. The predicted octanol–water partition coefficient (Wildman–Crippen LogP) is 3.90. The van der Waals surface area contributed by atoms with Crippen LogP contribution in [-0.4, -0.2) is 32.1 Å². The Kier molecular flexibility index (Phi) is 6.03. The molecule has 0 aliphatic carbocycles. The fourth-order valence-electron chi connectivity index (χ4n) is 3.17. The maximum Gasteiger partial charge on any atom is 0.255 e. The van der Waals surface area contributed by atoms with Crippen LogP contribution in [0.25, 0.3) is 0 Å². The number of carbonyl (C=O) groups is 2. The lowest BCUT2D eigenvalue weighted by Crippen LogP contribution is -2.17. The molecule has 0 bridgehead atoms. The van der Waals surface area contributed by atoms with E-state index in [0.717, 1.165) is 5.56 Å². The zero-order chi connectivity index (χ0) is 21.6. The van der Waals surface area contributed by atoms with Crippen molar-refractivity contribution in [3.8, 4) is 17.2 Å². The van der Waals surface area contributed by atoms with Gasteiger partial charge >= 0.3 is 0 Å². The zero-order valence-corrected chi connectivity index (χ0v) is 17.0.